The fraction of sp³-hybridized carbons (Fsp3) is 0.750. The molecule has 0 amide bonds. The predicted octanol–water partition coefficient (Wildman–Crippen LogP) is 0.643. The van der Waals surface area contributed by atoms with Crippen molar-refractivity contribution >= 4 is 32.6 Å². The molecule has 0 radical (unpaired) electrons. The zero-order valence-electron chi connectivity index (χ0n) is 5.41. The Balaban J connectivity index is 0. The lowest BCUT2D eigenvalue weighted by Crippen LogP contribution is -2.19. The Morgan fingerprint density at radius 3 is 2.80 bits per heavy atom. The Morgan fingerprint density at radius 2 is 2.50 bits per heavy atom. The van der Waals surface area contributed by atoms with Gasteiger partial charge in [0.25, 0.3) is 0 Å². The maximum Gasteiger partial charge on any atom is 0.314 e. The summed E-state index contributed by atoms with van der Waals surface area (Å²) in [5.41, 5.74) is 0. The minimum atomic E-state index is -0.377. The Labute approximate surface area is 67.9 Å². The molecule has 4 unspecified atom stereocenters. The van der Waals surface area contributed by atoms with Crippen LogP contribution in [0.3, 0.4) is 0 Å². The molecule has 0 fully saturated rings. The minimum absolute atomic E-state index is 0. The van der Waals surface area contributed by atoms with E-state index in [2.05, 4.69) is 22.7 Å². The molecule has 0 aliphatic carbocycles. The molecule has 4 atom stereocenters. The summed E-state index contributed by atoms with van der Waals surface area (Å²) >= 11 is 0. The van der Waals surface area contributed by atoms with Gasteiger partial charge in [0.1, 0.15) is 0 Å². The quantitative estimate of drug-likeness (QED) is 0.682. The van der Waals surface area contributed by atoms with Crippen LogP contribution in [-0.2, 0) is 9.32 Å². The van der Waals surface area contributed by atoms with Crippen molar-refractivity contribution in [3.63, 3.8) is 0 Å². The molecule has 0 aromatic rings. The molecule has 0 aromatic heterocycles. The van der Waals surface area contributed by atoms with Crippen molar-refractivity contribution < 1.29 is 15.9 Å². The van der Waals surface area contributed by atoms with Gasteiger partial charge in [0.05, 0.1) is 21.0 Å². The highest BCUT2D eigenvalue weighted by Gasteiger charge is 2.15. The summed E-state index contributed by atoms with van der Waals surface area (Å²) in [5.74, 6) is -0.705. The first-order valence-corrected chi connectivity index (χ1v) is 6.26. The van der Waals surface area contributed by atoms with E-state index in [0.29, 0.717) is 6.16 Å². The van der Waals surface area contributed by atoms with Gasteiger partial charge in [0, 0.05) is 1.43 Å². The largest absolute Gasteiger partial charge is 0.444 e. The van der Waals surface area contributed by atoms with Crippen molar-refractivity contribution in [1.29, 1.82) is 0 Å². The zero-order chi connectivity index (χ0) is 7.98. The number of hydrogen-bond acceptors (Lipinski definition) is 3. The van der Waals surface area contributed by atoms with Crippen LogP contribution in [0.15, 0.2) is 0 Å². The summed E-state index contributed by atoms with van der Waals surface area (Å²) in [6.07, 6.45) is 0.546. The number of aliphatic hydroxyl groups is 1. The molecule has 0 saturated carbocycles. The van der Waals surface area contributed by atoms with Gasteiger partial charge in [-0.25, -0.2) is 0 Å². The third-order valence-electron chi connectivity index (χ3n) is 0.998. The first-order chi connectivity index (χ1) is 4.76. The van der Waals surface area contributed by atoms with Crippen LogP contribution in [0.25, 0.3) is 0 Å². The van der Waals surface area contributed by atoms with Crippen LogP contribution in [0.1, 0.15) is 1.43 Å². The molecule has 0 saturated heterocycles. The molecule has 1 N–H and O–H groups in total. The average Bonchev–Trinajstić information content (AvgIpc) is 1.91. The number of aliphatic hydroxyl groups excluding tert-OH is 1. The van der Waals surface area contributed by atoms with Gasteiger partial charge in [0.2, 0.25) is 0 Å². The lowest BCUT2D eigenvalue weighted by Gasteiger charge is -2.08. The molecule has 0 heterocycles. The van der Waals surface area contributed by atoms with Crippen molar-refractivity contribution in [1.82, 2.24) is 0 Å². The van der Waals surface area contributed by atoms with Gasteiger partial charge in [-0.1, -0.05) is 8.93 Å². The van der Waals surface area contributed by atoms with E-state index in [4.69, 9.17) is 5.11 Å². The van der Waals surface area contributed by atoms with Crippen molar-refractivity contribution in [3.8, 4) is 0 Å². The Hall–Kier alpha value is 0.720. The molecule has 0 aliphatic heterocycles. The van der Waals surface area contributed by atoms with Crippen LogP contribution in [0.5, 0.6) is 0 Å². The fourth-order valence-electron chi connectivity index (χ4n) is 0.387. The standard InChI is InChI=1S/C4H11O3P3.H2/c5-1-3(2-8)4(6)7-10-9;/h3,5,10H,1-2,8-9H2;1H/i;1+1. The van der Waals surface area contributed by atoms with Crippen molar-refractivity contribution in [3.05, 3.63) is 0 Å². The minimum Gasteiger partial charge on any atom is -0.444 e. The molecule has 0 spiro atoms. The normalized spacial score (nSPS) is 13.9. The van der Waals surface area contributed by atoms with Crippen LogP contribution < -0.4 is 0 Å². The van der Waals surface area contributed by atoms with E-state index < -0.39 is 0 Å². The molecule has 6 heteroatoms. The van der Waals surface area contributed by atoms with Crippen LogP contribution in [0.4, 0.5) is 0 Å². The maximum atomic E-state index is 10.8. The predicted molar refractivity (Wildman–Crippen MR) is 51.4 cm³/mol. The second-order valence-electron chi connectivity index (χ2n) is 1.65. The summed E-state index contributed by atoms with van der Waals surface area (Å²) in [4.78, 5) is 10.8. The van der Waals surface area contributed by atoms with E-state index in [-0.39, 0.29) is 28.4 Å². The van der Waals surface area contributed by atoms with Gasteiger partial charge in [-0.05, 0) is 6.16 Å². The Bertz CT molecular complexity index is 109. The van der Waals surface area contributed by atoms with E-state index >= 15 is 0 Å². The van der Waals surface area contributed by atoms with Gasteiger partial charge in [-0.3, -0.25) is 4.79 Å². The zero-order valence-corrected chi connectivity index (χ0v) is 8.72. The molecule has 0 rings (SSSR count). The topological polar surface area (TPSA) is 46.5 Å². The van der Waals surface area contributed by atoms with Crippen LogP contribution >= 0.6 is 26.7 Å². The summed E-state index contributed by atoms with van der Waals surface area (Å²) in [6, 6.07) is 0. The monoisotopic (exact) mass is 203 g/mol. The van der Waals surface area contributed by atoms with Crippen molar-refractivity contribution in [2.24, 2.45) is 5.92 Å². The van der Waals surface area contributed by atoms with E-state index in [1.807, 2.05) is 0 Å². The van der Waals surface area contributed by atoms with E-state index in [0.717, 1.165) is 0 Å². The van der Waals surface area contributed by atoms with E-state index in [1.165, 1.54) is 0 Å². The van der Waals surface area contributed by atoms with Gasteiger partial charge < -0.3 is 9.63 Å². The molecule has 0 aromatic carbocycles. The maximum absolute atomic E-state index is 10.8. The highest BCUT2D eigenvalue weighted by Crippen LogP contribution is 2.23. The lowest BCUT2D eigenvalue weighted by molar-refractivity contribution is -0.138. The number of carbonyl (C=O) groups is 1. The molecular weight excluding hydrogens is 189 g/mol. The summed E-state index contributed by atoms with van der Waals surface area (Å²) in [7, 11) is 4.78. The number of carbonyl (C=O) groups excluding carboxylic acids is 1. The van der Waals surface area contributed by atoms with Gasteiger partial charge in [-0.2, -0.15) is 0 Å². The third kappa shape index (κ3) is 3.78. The number of rotatable bonds is 4. The molecule has 10 heavy (non-hydrogen) atoms. The molecule has 3 nitrogen and oxygen atoms in total. The number of hydrogen-bond donors (Lipinski definition) is 1. The smallest absolute Gasteiger partial charge is 0.314 e. The molecule has 0 aliphatic rings. The van der Waals surface area contributed by atoms with Crippen LogP contribution in [0.2, 0.25) is 0 Å². The second-order valence-corrected chi connectivity index (χ2v) is 3.27. The van der Waals surface area contributed by atoms with Crippen molar-refractivity contribution in [2.75, 3.05) is 12.8 Å². The average molecular weight is 203 g/mol. The summed E-state index contributed by atoms with van der Waals surface area (Å²) in [5, 5.41) is 8.61. The van der Waals surface area contributed by atoms with Crippen LogP contribution in [0, 0.1) is 5.92 Å². The van der Waals surface area contributed by atoms with E-state index in [9.17, 15) is 4.79 Å². The van der Waals surface area contributed by atoms with Crippen LogP contribution in [-0.4, -0.2) is 23.8 Å². The highest BCUT2D eigenvalue weighted by molar-refractivity contribution is 8.00. The van der Waals surface area contributed by atoms with E-state index in [1.54, 1.807) is 0 Å². The second kappa shape index (κ2) is 6.43. The van der Waals surface area contributed by atoms with Crippen molar-refractivity contribution in [2.45, 2.75) is 0 Å². The van der Waals surface area contributed by atoms with Gasteiger partial charge in [0.15, 0.2) is 0 Å². The molecule has 0 bridgehead atoms. The molecular formula is C4H13O3P3. The first-order valence-electron chi connectivity index (χ1n) is 2.73. The first kappa shape index (κ1) is 10.7. The Kier molecular flexibility index (Phi) is 6.89. The van der Waals surface area contributed by atoms with Gasteiger partial charge in [-0.15, -0.1) is 9.24 Å². The summed E-state index contributed by atoms with van der Waals surface area (Å²) in [6.45, 7) is -0.141. The Morgan fingerprint density at radius 1 is 1.90 bits per heavy atom. The SMILES string of the molecule is O=C(OPP)C(CO)CP.[2HH]. The highest BCUT2D eigenvalue weighted by atomic mass is 32.0. The lowest BCUT2D eigenvalue weighted by atomic mass is 10.2. The summed E-state index contributed by atoms with van der Waals surface area (Å²) < 4.78 is 4.66. The van der Waals surface area contributed by atoms with Gasteiger partial charge >= 0.3 is 5.97 Å². The fourth-order valence-corrected chi connectivity index (χ4v) is 1.36. The molecule has 62 valence electrons. The third-order valence-corrected chi connectivity index (χ3v) is 2.24.